The first kappa shape index (κ1) is 14.5. The molecule has 4 atom stereocenters. The van der Waals surface area contributed by atoms with Crippen LogP contribution in [0.25, 0.3) is 0 Å². The topological polar surface area (TPSA) is 32.7 Å². The summed E-state index contributed by atoms with van der Waals surface area (Å²) < 4.78 is 5.86. The molecule has 22 heavy (non-hydrogen) atoms. The molecule has 120 valence electrons. The first-order valence-electron chi connectivity index (χ1n) is 8.76. The van der Waals surface area contributed by atoms with Gasteiger partial charge in [-0.05, 0) is 66.8 Å². The normalized spacial score (nSPS) is 38.0. The molecule has 3 heteroatoms. The van der Waals surface area contributed by atoms with Crippen LogP contribution in [-0.4, -0.2) is 41.8 Å². The van der Waals surface area contributed by atoms with Crippen LogP contribution in [0.4, 0.5) is 0 Å². The van der Waals surface area contributed by atoms with E-state index in [1.807, 2.05) is 12.1 Å². The van der Waals surface area contributed by atoms with Crippen LogP contribution in [0.15, 0.2) is 18.2 Å². The van der Waals surface area contributed by atoms with Crippen molar-refractivity contribution in [2.45, 2.75) is 57.1 Å². The number of piperidine rings is 1. The van der Waals surface area contributed by atoms with Gasteiger partial charge in [-0.1, -0.05) is 19.9 Å². The molecule has 1 unspecified atom stereocenters. The Morgan fingerprint density at radius 3 is 3.05 bits per heavy atom. The smallest absolute Gasteiger partial charge is 0.115 e. The fraction of sp³-hybridized carbons (Fsp3) is 0.684. The Hall–Kier alpha value is -1.06. The van der Waals surface area contributed by atoms with Crippen molar-refractivity contribution in [3.05, 3.63) is 29.3 Å². The van der Waals surface area contributed by atoms with Crippen molar-refractivity contribution in [3.63, 3.8) is 0 Å². The van der Waals surface area contributed by atoms with E-state index in [0.717, 1.165) is 26.1 Å². The number of likely N-dealkylation sites (tertiary alicyclic amines) is 1. The van der Waals surface area contributed by atoms with Crippen LogP contribution in [0.3, 0.4) is 0 Å². The molecule has 0 spiro atoms. The molecule has 0 saturated carbocycles. The number of benzene rings is 1. The predicted molar refractivity (Wildman–Crippen MR) is 87.3 cm³/mol. The third-order valence-electron chi connectivity index (χ3n) is 6.57. The molecule has 1 aliphatic carbocycles. The second kappa shape index (κ2) is 5.24. The van der Waals surface area contributed by atoms with Crippen LogP contribution in [0, 0.1) is 5.92 Å². The summed E-state index contributed by atoms with van der Waals surface area (Å²) >= 11 is 0. The van der Waals surface area contributed by atoms with Crippen molar-refractivity contribution < 1.29 is 9.84 Å². The van der Waals surface area contributed by atoms with Gasteiger partial charge in [-0.2, -0.15) is 0 Å². The van der Waals surface area contributed by atoms with Gasteiger partial charge in [0.1, 0.15) is 5.75 Å². The third-order valence-corrected chi connectivity index (χ3v) is 6.57. The molecule has 0 amide bonds. The van der Waals surface area contributed by atoms with Gasteiger partial charge in [-0.15, -0.1) is 0 Å². The number of phenolic OH excluding ortho intramolecular Hbond substituents is 1. The van der Waals surface area contributed by atoms with Crippen LogP contribution >= 0.6 is 0 Å². The molecule has 1 aromatic carbocycles. The molecule has 1 aromatic rings. The lowest BCUT2D eigenvalue weighted by atomic mass is 9.59. The molecule has 1 N–H and O–H groups in total. The average Bonchev–Trinajstić information content (AvgIpc) is 3.00. The quantitative estimate of drug-likeness (QED) is 0.911. The molecule has 2 heterocycles. The van der Waals surface area contributed by atoms with Crippen molar-refractivity contribution in [1.82, 2.24) is 4.90 Å². The number of aromatic hydroxyl groups is 1. The lowest BCUT2D eigenvalue weighted by Gasteiger charge is -2.55. The highest BCUT2D eigenvalue weighted by Crippen LogP contribution is 2.49. The first-order valence-corrected chi connectivity index (χ1v) is 8.76. The number of nitrogens with zero attached hydrogens (tertiary/aromatic N) is 1. The molecule has 0 aromatic heterocycles. The lowest BCUT2D eigenvalue weighted by Crippen LogP contribution is -2.59. The molecule has 3 aliphatic rings. The number of hydrogen-bond acceptors (Lipinski definition) is 3. The second-order valence-electron chi connectivity index (χ2n) is 7.70. The van der Waals surface area contributed by atoms with Crippen LogP contribution in [0.1, 0.15) is 44.2 Å². The summed E-state index contributed by atoms with van der Waals surface area (Å²) in [6, 6.07) is 6.60. The fourth-order valence-corrected chi connectivity index (χ4v) is 4.97. The zero-order chi connectivity index (χ0) is 15.3. The Balaban J connectivity index is 1.63. The second-order valence-corrected chi connectivity index (χ2v) is 7.70. The lowest BCUT2D eigenvalue weighted by molar-refractivity contribution is -0.00671. The number of fused-ring (bicyclic) bond motifs is 4. The Bertz CT molecular complexity index is 567. The summed E-state index contributed by atoms with van der Waals surface area (Å²) in [6.07, 6.45) is 5.17. The average molecular weight is 301 g/mol. The van der Waals surface area contributed by atoms with E-state index in [-0.39, 0.29) is 5.41 Å². The summed E-state index contributed by atoms with van der Waals surface area (Å²) in [7, 11) is 0. The van der Waals surface area contributed by atoms with E-state index in [4.69, 9.17) is 4.74 Å². The van der Waals surface area contributed by atoms with Gasteiger partial charge in [0, 0.05) is 19.2 Å². The minimum atomic E-state index is 0.198. The van der Waals surface area contributed by atoms with E-state index >= 15 is 0 Å². The molecule has 3 nitrogen and oxygen atoms in total. The number of phenols is 1. The van der Waals surface area contributed by atoms with Crippen molar-refractivity contribution >= 4 is 0 Å². The Kier molecular flexibility index (Phi) is 3.46. The van der Waals surface area contributed by atoms with E-state index in [2.05, 4.69) is 24.8 Å². The summed E-state index contributed by atoms with van der Waals surface area (Å²) in [4.78, 5) is 2.68. The molecular formula is C19H27NO2. The molecular weight excluding hydrogens is 274 g/mol. The maximum absolute atomic E-state index is 9.90. The third kappa shape index (κ3) is 2.17. The van der Waals surface area contributed by atoms with Crippen molar-refractivity contribution in [2.24, 2.45) is 5.92 Å². The van der Waals surface area contributed by atoms with E-state index < -0.39 is 0 Å². The van der Waals surface area contributed by atoms with E-state index in [9.17, 15) is 5.11 Å². The van der Waals surface area contributed by atoms with Gasteiger partial charge in [-0.3, -0.25) is 4.90 Å². The summed E-state index contributed by atoms with van der Waals surface area (Å²) in [5, 5.41) is 9.90. The van der Waals surface area contributed by atoms with Crippen molar-refractivity contribution in [1.29, 1.82) is 0 Å². The Morgan fingerprint density at radius 1 is 1.41 bits per heavy atom. The van der Waals surface area contributed by atoms with Gasteiger partial charge in [0.2, 0.25) is 0 Å². The van der Waals surface area contributed by atoms with Gasteiger partial charge in [0.05, 0.1) is 6.10 Å². The highest BCUT2D eigenvalue weighted by atomic mass is 16.5. The zero-order valence-corrected chi connectivity index (χ0v) is 13.7. The maximum atomic E-state index is 9.90. The van der Waals surface area contributed by atoms with Crippen LogP contribution in [0.2, 0.25) is 0 Å². The molecule has 2 aliphatic heterocycles. The first-order chi connectivity index (χ1) is 10.6. The fourth-order valence-electron chi connectivity index (χ4n) is 4.97. The number of ether oxygens (including phenoxy) is 1. The highest BCUT2D eigenvalue weighted by Gasteiger charge is 2.48. The van der Waals surface area contributed by atoms with Crippen LogP contribution < -0.4 is 0 Å². The molecule has 2 bridgehead atoms. The summed E-state index contributed by atoms with van der Waals surface area (Å²) in [6.45, 7) is 7.99. The minimum Gasteiger partial charge on any atom is -0.508 e. The predicted octanol–water partition coefficient (Wildman–Crippen LogP) is 3.10. The monoisotopic (exact) mass is 301 g/mol. The molecule has 0 radical (unpaired) electrons. The number of hydrogen-bond donors (Lipinski definition) is 1. The summed E-state index contributed by atoms with van der Waals surface area (Å²) in [5.74, 6) is 1.03. The highest BCUT2D eigenvalue weighted by molar-refractivity contribution is 5.44. The van der Waals surface area contributed by atoms with E-state index in [0.29, 0.717) is 23.8 Å². The summed E-state index contributed by atoms with van der Waals surface area (Å²) in [5.41, 5.74) is 3.01. The van der Waals surface area contributed by atoms with Crippen LogP contribution in [-0.2, 0) is 16.6 Å². The maximum Gasteiger partial charge on any atom is 0.115 e. The Morgan fingerprint density at radius 2 is 2.27 bits per heavy atom. The molecule has 4 rings (SSSR count). The van der Waals surface area contributed by atoms with Gasteiger partial charge in [0.25, 0.3) is 0 Å². The Labute approximate surface area is 133 Å². The van der Waals surface area contributed by atoms with Crippen LogP contribution in [0.5, 0.6) is 5.75 Å². The number of rotatable bonds is 2. The van der Waals surface area contributed by atoms with Crippen molar-refractivity contribution in [2.75, 3.05) is 19.7 Å². The van der Waals surface area contributed by atoms with Gasteiger partial charge in [0.15, 0.2) is 0 Å². The van der Waals surface area contributed by atoms with Gasteiger partial charge in [-0.25, -0.2) is 0 Å². The van der Waals surface area contributed by atoms with Crippen molar-refractivity contribution in [3.8, 4) is 5.75 Å². The van der Waals surface area contributed by atoms with E-state index in [1.54, 1.807) is 0 Å². The minimum absolute atomic E-state index is 0.198. The standard InChI is InChI=1S/C19H27NO2/c1-13-18-10-14-5-6-15(21)11-17(14)19(13,2)7-8-20(18)12-16-4-3-9-22-16/h5-6,11,13,16,18,21H,3-4,7-10,12H2,1-2H3/t13-,16?,18+,19+/m0/s1. The molecule has 2 fully saturated rings. The van der Waals surface area contributed by atoms with Gasteiger partial charge < -0.3 is 9.84 Å². The van der Waals surface area contributed by atoms with E-state index in [1.165, 1.54) is 30.4 Å². The van der Waals surface area contributed by atoms with Gasteiger partial charge >= 0.3 is 0 Å². The molecule has 2 saturated heterocycles. The zero-order valence-electron chi connectivity index (χ0n) is 13.7. The largest absolute Gasteiger partial charge is 0.508 e. The SMILES string of the molecule is C[C@H]1[C@H]2Cc3ccc(O)cc3[C@]1(C)CCN2CC1CCCO1.